The molecule has 0 bridgehead atoms. The summed E-state index contributed by atoms with van der Waals surface area (Å²) < 4.78 is 0. The Labute approximate surface area is 352 Å². The molecule has 0 saturated heterocycles. The van der Waals surface area contributed by atoms with E-state index in [4.69, 9.17) is 4.98 Å². The molecule has 9 aromatic rings. The molecule has 0 radical (unpaired) electrons. The average molecular weight is 766 g/mol. The van der Waals surface area contributed by atoms with Crippen LogP contribution in [0.5, 0.6) is 0 Å². The Morgan fingerprint density at radius 1 is 0.417 bits per heavy atom. The highest BCUT2D eigenvalue weighted by molar-refractivity contribution is 5.98. The zero-order valence-electron chi connectivity index (χ0n) is 33.6. The van der Waals surface area contributed by atoms with E-state index < -0.39 is 0 Å². The third-order valence-corrected chi connectivity index (χ3v) is 13.0. The van der Waals surface area contributed by atoms with Crippen LogP contribution in [0.15, 0.2) is 230 Å². The molecule has 0 N–H and O–H groups in total. The first kappa shape index (κ1) is 35.8. The van der Waals surface area contributed by atoms with E-state index in [1.54, 1.807) is 0 Å². The predicted molar refractivity (Wildman–Crippen MR) is 252 cm³/mol. The van der Waals surface area contributed by atoms with Crippen LogP contribution < -0.4 is 0 Å². The Morgan fingerprint density at radius 3 is 1.50 bits per heavy atom. The largest absolute Gasteiger partial charge is 0.263 e. The number of allylic oxidation sites excluding steroid dienone is 4. The Kier molecular flexibility index (Phi) is 8.82. The highest BCUT2D eigenvalue weighted by Crippen LogP contribution is 2.66. The summed E-state index contributed by atoms with van der Waals surface area (Å²) in [6, 6.07) is 75.3. The molecule has 2 aliphatic carbocycles. The van der Waals surface area contributed by atoms with Crippen LogP contribution in [0.25, 0.3) is 77.6 Å². The quantitative estimate of drug-likeness (QED) is 0.150. The van der Waals surface area contributed by atoms with E-state index in [9.17, 15) is 0 Å². The molecule has 0 aliphatic heterocycles. The van der Waals surface area contributed by atoms with E-state index in [0.717, 1.165) is 17.5 Å². The molecule has 2 atom stereocenters. The van der Waals surface area contributed by atoms with Gasteiger partial charge in [-0.2, -0.15) is 0 Å². The van der Waals surface area contributed by atoms with E-state index in [2.05, 4.69) is 219 Å². The monoisotopic (exact) mass is 765 g/mol. The second-order valence-electron chi connectivity index (χ2n) is 16.4. The van der Waals surface area contributed by atoms with Gasteiger partial charge in [0.1, 0.15) is 0 Å². The third-order valence-electron chi connectivity index (χ3n) is 13.0. The highest BCUT2D eigenvalue weighted by atomic mass is 14.6. The molecule has 11 rings (SSSR count). The molecule has 1 aromatic heterocycles. The molecular formula is C59H43N. The number of hydrogen-bond donors (Lipinski definition) is 0. The first-order chi connectivity index (χ1) is 29.6. The van der Waals surface area contributed by atoms with Gasteiger partial charge in [0.15, 0.2) is 0 Å². The lowest BCUT2D eigenvalue weighted by Gasteiger charge is -2.27. The summed E-state index contributed by atoms with van der Waals surface area (Å²) in [6.45, 7) is 2.34. The van der Waals surface area contributed by atoms with Gasteiger partial charge in [0.25, 0.3) is 0 Å². The molecule has 1 fully saturated rings. The first-order valence-electron chi connectivity index (χ1n) is 21.0. The maximum absolute atomic E-state index is 4.87. The zero-order valence-corrected chi connectivity index (χ0v) is 33.6. The second kappa shape index (κ2) is 14.8. The fourth-order valence-corrected chi connectivity index (χ4v) is 9.77. The van der Waals surface area contributed by atoms with Crippen molar-refractivity contribution in [1.29, 1.82) is 0 Å². The number of hydrogen-bond acceptors (Lipinski definition) is 1. The second-order valence-corrected chi connectivity index (χ2v) is 16.4. The Balaban J connectivity index is 1.00. The summed E-state index contributed by atoms with van der Waals surface area (Å²) in [5.41, 5.74) is 19.9. The van der Waals surface area contributed by atoms with Gasteiger partial charge in [0.05, 0.1) is 0 Å². The molecule has 0 spiro atoms. The standard InChI is InChI=1S/C59H43N/c1-40-53(46-26-21-44(22-27-46)41-13-5-2-6-14-41)36-59(37-56(59)57(40)49-28-23-45(24-29-49)42-15-7-3-8-16-42)52-33-31-47(32-34-52)54-38-60-39-55(58(54)48-18-9-4-10-19-48)51-30-25-43-17-11-12-20-50(43)35-51/h2-36,38-39,56H,37H2,1H3/t56?,59-/m1/s1. The fourth-order valence-electron chi connectivity index (χ4n) is 9.77. The number of nitrogens with zero attached hydrogens (tertiary/aromatic N) is 1. The molecule has 284 valence electrons. The fraction of sp³-hybridized carbons (Fsp3) is 0.0678. The highest BCUT2D eigenvalue weighted by Gasteiger charge is 2.58. The van der Waals surface area contributed by atoms with Gasteiger partial charge in [-0.05, 0) is 108 Å². The number of benzene rings is 8. The van der Waals surface area contributed by atoms with Crippen molar-refractivity contribution in [2.45, 2.75) is 18.8 Å². The molecule has 1 nitrogen and oxygen atoms in total. The van der Waals surface area contributed by atoms with Gasteiger partial charge in [-0.25, -0.2) is 0 Å². The summed E-state index contributed by atoms with van der Waals surface area (Å²) in [5.74, 6) is 0.399. The maximum Gasteiger partial charge on any atom is 0.0353 e. The van der Waals surface area contributed by atoms with Crippen molar-refractivity contribution < 1.29 is 0 Å². The predicted octanol–water partition coefficient (Wildman–Crippen LogP) is 15.4. The summed E-state index contributed by atoms with van der Waals surface area (Å²) in [7, 11) is 0. The summed E-state index contributed by atoms with van der Waals surface area (Å²) in [4.78, 5) is 4.87. The van der Waals surface area contributed by atoms with E-state index in [1.807, 2.05) is 12.4 Å². The van der Waals surface area contributed by atoms with Crippen molar-refractivity contribution in [3.63, 3.8) is 0 Å². The van der Waals surface area contributed by atoms with Crippen LogP contribution in [-0.2, 0) is 5.41 Å². The topological polar surface area (TPSA) is 12.9 Å². The van der Waals surface area contributed by atoms with E-state index in [0.29, 0.717) is 5.92 Å². The van der Waals surface area contributed by atoms with Gasteiger partial charge in [-0.3, -0.25) is 4.98 Å². The van der Waals surface area contributed by atoms with Crippen LogP contribution in [0.2, 0.25) is 0 Å². The molecular weight excluding hydrogens is 723 g/mol. The van der Waals surface area contributed by atoms with Crippen LogP contribution in [0, 0.1) is 5.92 Å². The number of pyridine rings is 1. The van der Waals surface area contributed by atoms with Gasteiger partial charge in [0, 0.05) is 34.5 Å². The van der Waals surface area contributed by atoms with Crippen molar-refractivity contribution in [2.24, 2.45) is 5.92 Å². The molecule has 1 saturated carbocycles. The minimum Gasteiger partial charge on any atom is -0.263 e. The van der Waals surface area contributed by atoms with Gasteiger partial charge in [-0.15, -0.1) is 0 Å². The lowest BCUT2D eigenvalue weighted by molar-refractivity contribution is 0.826. The molecule has 1 heteroatoms. The van der Waals surface area contributed by atoms with Crippen LogP contribution in [0.1, 0.15) is 30.0 Å². The number of fused-ring (bicyclic) bond motifs is 2. The van der Waals surface area contributed by atoms with Crippen LogP contribution in [-0.4, -0.2) is 4.98 Å². The molecule has 1 heterocycles. The smallest absolute Gasteiger partial charge is 0.0353 e. The van der Waals surface area contributed by atoms with Crippen molar-refractivity contribution >= 4 is 21.9 Å². The summed E-state index contributed by atoms with van der Waals surface area (Å²) in [6.07, 6.45) is 7.75. The van der Waals surface area contributed by atoms with Crippen LogP contribution in [0.4, 0.5) is 0 Å². The Bertz CT molecular complexity index is 3070. The van der Waals surface area contributed by atoms with Crippen LogP contribution in [0.3, 0.4) is 0 Å². The lowest BCUT2D eigenvalue weighted by atomic mass is 9.77. The lowest BCUT2D eigenvalue weighted by Crippen LogP contribution is -2.14. The van der Waals surface area contributed by atoms with Crippen molar-refractivity contribution in [3.8, 4) is 55.6 Å². The van der Waals surface area contributed by atoms with Gasteiger partial charge in [-0.1, -0.05) is 206 Å². The minimum absolute atomic E-state index is 0.0909. The van der Waals surface area contributed by atoms with Crippen molar-refractivity contribution in [2.75, 3.05) is 0 Å². The van der Waals surface area contributed by atoms with Crippen LogP contribution >= 0.6 is 0 Å². The maximum atomic E-state index is 4.87. The molecule has 2 aliphatic rings. The SMILES string of the molecule is CC1=C(c2ccc(-c3ccccc3)cc2)C2C[C@@]2(c2ccc(-c3cncc(-c4ccc5ccccc5c4)c3-c3ccccc3)cc2)C=C1c1ccc(-c2ccccc2)cc1. The first-order valence-corrected chi connectivity index (χ1v) is 21.0. The van der Waals surface area contributed by atoms with Gasteiger partial charge >= 0.3 is 0 Å². The van der Waals surface area contributed by atoms with Gasteiger partial charge in [0.2, 0.25) is 0 Å². The molecule has 8 aromatic carbocycles. The molecule has 60 heavy (non-hydrogen) atoms. The summed E-state index contributed by atoms with van der Waals surface area (Å²) >= 11 is 0. The van der Waals surface area contributed by atoms with E-state index in [1.165, 1.54) is 88.7 Å². The number of aromatic nitrogens is 1. The Morgan fingerprint density at radius 2 is 0.883 bits per heavy atom. The van der Waals surface area contributed by atoms with E-state index >= 15 is 0 Å². The zero-order chi connectivity index (χ0) is 40.0. The molecule has 0 amide bonds. The minimum atomic E-state index is -0.0909. The number of rotatable bonds is 8. The summed E-state index contributed by atoms with van der Waals surface area (Å²) in [5, 5.41) is 2.46. The molecule has 1 unspecified atom stereocenters. The third kappa shape index (κ3) is 6.31. The Hall–Kier alpha value is -7.35. The average Bonchev–Trinajstić information content (AvgIpc) is 4.07. The van der Waals surface area contributed by atoms with Gasteiger partial charge < -0.3 is 0 Å². The van der Waals surface area contributed by atoms with Crippen molar-refractivity contribution in [1.82, 2.24) is 4.98 Å². The normalized spacial score (nSPS) is 16.9. The van der Waals surface area contributed by atoms with Crippen molar-refractivity contribution in [3.05, 3.63) is 247 Å². The van der Waals surface area contributed by atoms with E-state index in [-0.39, 0.29) is 5.41 Å².